The van der Waals surface area contributed by atoms with E-state index in [1.54, 1.807) is 143 Å². The van der Waals surface area contributed by atoms with Gasteiger partial charge in [0.1, 0.15) is 72.7 Å². The Morgan fingerprint density at radius 3 is 1.63 bits per heavy atom. The van der Waals surface area contributed by atoms with E-state index in [1.165, 1.54) is 20.7 Å². The summed E-state index contributed by atoms with van der Waals surface area (Å²) in [4.78, 5) is 164. The fraction of sp³-hybridized carbons (Fsp3) is 0.411. The Morgan fingerprint density at radius 1 is 0.582 bits per heavy atom. The number of phenols is 1. The monoisotopic (exact) mass is 1680 g/mol. The molecule has 12 atom stereocenters. The van der Waals surface area contributed by atoms with E-state index >= 15 is 28.8 Å². The predicted octanol–water partition coefficient (Wildman–Crippen LogP) is 6.20. The highest BCUT2D eigenvalue weighted by atomic mass is 19.1. The fourth-order valence-corrected chi connectivity index (χ4v) is 15.1. The number of aromatic hydroxyl groups is 1. The van der Waals surface area contributed by atoms with Crippen molar-refractivity contribution in [3.8, 4) is 17.2 Å². The molecule has 0 unspecified atom stereocenters. The number of nitrogens with zero attached hydrogens (tertiary/aromatic N) is 5. The highest BCUT2D eigenvalue weighted by molar-refractivity contribution is 6.03. The average Bonchev–Trinajstić information content (AvgIpc) is 1.61. The lowest BCUT2D eigenvalue weighted by atomic mass is 9.85. The fourth-order valence-electron chi connectivity index (χ4n) is 15.1. The van der Waals surface area contributed by atoms with E-state index in [9.17, 15) is 43.0 Å². The zero-order valence-corrected chi connectivity index (χ0v) is 70.1. The molecule has 2 fully saturated rings. The summed E-state index contributed by atoms with van der Waals surface area (Å²) in [5.41, 5.74) is 1.05. The van der Waals surface area contributed by atoms with Gasteiger partial charge in [0.15, 0.2) is 17.4 Å². The minimum absolute atomic E-state index is 0.0166. The number of carbonyl (C=O) groups excluding carboxylic acids is 10. The number of amides is 10. The van der Waals surface area contributed by atoms with Crippen LogP contribution in [0, 0.1) is 28.4 Å². The summed E-state index contributed by atoms with van der Waals surface area (Å²) in [6.45, 7) is 14.8. The second-order valence-electron chi connectivity index (χ2n) is 33.7. The molecule has 14 rings (SSSR count). The number of nitrogens with one attached hydrogen (secondary N) is 10. The van der Waals surface area contributed by atoms with Crippen molar-refractivity contribution in [1.29, 1.82) is 0 Å². The molecule has 2 saturated heterocycles. The largest absolute Gasteiger partial charge is 0.503 e. The van der Waals surface area contributed by atoms with Crippen molar-refractivity contribution in [1.82, 2.24) is 78.0 Å². The molecule has 6 aliphatic heterocycles. The molecule has 7 aromatic carbocycles. The molecule has 12 N–H and O–H groups in total. The maximum absolute atomic E-state index is 15.5. The van der Waals surface area contributed by atoms with E-state index in [0.29, 0.717) is 39.3 Å². The Bertz CT molecular complexity index is 5200. The predicted molar refractivity (Wildman–Crippen MR) is 450 cm³/mol. The van der Waals surface area contributed by atoms with Crippen molar-refractivity contribution in [3.63, 3.8) is 0 Å². The molecule has 0 aliphatic carbocycles. The van der Waals surface area contributed by atoms with Gasteiger partial charge in [0.2, 0.25) is 53.2 Å². The van der Waals surface area contributed by atoms with Crippen LogP contribution in [0.5, 0.6) is 17.2 Å². The van der Waals surface area contributed by atoms with Crippen molar-refractivity contribution < 1.29 is 81.2 Å². The summed E-state index contributed by atoms with van der Waals surface area (Å²) < 4.78 is 43.4. The third-order valence-electron chi connectivity index (χ3n) is 22.4. The number of halogens is 2. The number of phenolic OH excluding ortho intramolecular Hbond substituents is 1. The van der Waals surface area contributed by atoms with Crippen LogP contribution in [0.15, 0.2) is 164 Å². The summed E-state index contributed by atoms with van der Waals surface area (Å²) >= 11 is 0. The number of ether oxygens (including phenoxy) is 2. The molecule has 10 amide bonds. The maximum Gasteiger partial charge on any atom is 0.326 e. The summed E-state index contributed by atoms with van der Waals surface area (Å²) in [7, 11) is 3.19. The Balaban J connectivity index is 0.953. The molecule has 122 heavy (non-hydrogen) atoms. The number of imide groups is 1. The molecule has 0 radical (unpaired) electrons. The molecule has 0 spiro atoms. The smallest absolute Gasteiger partial charge is 0.326 e. The van der Waals surface area contributed by atoms with Gasteiger partial charge in [-0.05, 0) is 162 Å². The zero-order valence-electron chi connectivity index (χ0n) is 70.1. The highest BCUT2D eigenvalue weighted by Gasteiger charge is 2.50. The SMILES string of the molecule is CN[C@@H](C)C(=O)N[C@H](C(=O)N1CC[C@@H]2[C@H]1C(=O)NC(=O)C[C@@H](Cc1ccc3ccccc3c1)C(=O)N[C@H](C(=O)NCc1cc(F)c(O)c(F)c1)Cc1ccc(cc1)OC/C(C)=C/N[C@@H]1CCN(C(=O)[C@@H](NC(=O)[C@H](C)NC)C(C)(C)C)[C@@H]1C(=O)N[C@@H](Cc1ccc3ccccc3c1)C(=O)N[C@H](C(=O)O)Cc1ccc(cc1)OCc1cn2nn1)C(C)(C)C. The number of likely N-dealkylation sites (N-methyl/N-ethyl adjacent to an activating group) is 2. The molecule has 30 nitrogen and oxygen atoms in total. The van der Waals surface area contributed by atoms with Crippen LogP contribution >= 0.6 is 0 Å². The number of carboxylic acid groups (broad SMARTS) is 1. The zero-order chi connectivity index (χ0) is 88.0. The van der Waals surface area contributed by atoms with E-state index in [-0.39, 0.29) is 76.1 Å². The third kappa shape index (κ3) is 22.9. The van der Waals surface area contributed by atoms with Gasteiger partial charge < -0.3 is 77.3 Å². The molecular formula is C90H107F2N15O15. The van der Waals surface area contributed by atoms with Crippen LogP contribution in [-0.2, 0) is 91.6 Å². The van der Waals surface area contributed by atoms with Crippen molar-refractivity contribution in [2.24, 2.45) is 16.7 Å². The first-order valence-corrected chi connectivity index (χ1v) is 40.7. The molecule has 1 aromatic heterocycles. The van der Waals surface area contributed by atoms with Crippen LogP contribution in [0.2, 0.25) is 0 Å². The first-order chi connectivity index (χ1) is 58.0. The first kappa shape index (κ1) is 90.1. The Kier molecular flexibility index (Phi) is 29.3. The van der Waals surface area contributed by atoms with Crippen molar-refractivity contribution in [3.05, 3.63) is 209 Å². The lowest BCUT2D eigenvalue weighted by Crippen LogP contribution is -2.63. The Morgan fingerprint density at radius 2 is 1.09 bits per heavy atom. The number of carboxylic acids is 1. The molecule has 7 heterocycles. The van der Waals surface area contributed by atoms with Gasteiger partial charge in [-0.15, -0.1) is 5.10 Å². The van der Waals surface area contributed by atoms with Crippen LogP contribution in [0.3, 0.4) is 0 Å². The number of hydrogen-bond donors (Lipinski definition) is 12. The van der Waals surface area contributed by atoms with E-state index in [1.807, 2.05) is 72.8 Å². The van der Waals surface area contributed by atoms with Crippen molar-refractivity contribution in [2.75, 3.05) is 33.8 Å². The van der Waals surface area contributed by atoms with Gasteiger partial charge in [-0.1, -0.05) is 156 Å². The quantitative estimate of drug-likeness (QED) is 0.0479. The number of aliphatic carboxylic acids is 1. The van der Waals surface area contributed by atoms with Gasteiger partial charge in [-0.3, -0.25) is 53.3 Å². The molecule has 6 bridgehead atoms. The first-order valence-electron chi connectivity index (χ1n) is 40.7. The topological polar surface area (TPSA) is 404 Å². The van der Waals surface area contributed by atoms with Crippen molar-refractivity contribution in [2.45, 2.75) is 187 Å². The van der Waals surface area contributed by atoms with Crippen LogP contribution in [0.4, 0.5) is 8.78 Å². The molecule has 8 aromatic rings. The lowest BCUT2D eigenvalue weighted by molar-refractivity contribution is -0.146. The minimum Gasteiger partial charge on any atom is -0.503 e. The van der Waals surface area contributed by atoms with Crippen LogP contribution in [0.1, 0.15) is 121 Å². The van der Waals surface area contributed by atoms with E-state index in [4.69, 9.17) is 9.47 Å². The van der Waals surface area contributed by atoms with Crippen LogP contribution < -0.4 is 62.6 Å². The van der Waals surface area contributed by atoms with Crippen LogP contribution in [0.25, 0.3) is 21.5 Å². The molecule has 646 valence electrons. The van der Waals surface area contributed by atoms with Crippen LogP contribution in [-0.4, -0.2) is 194 Å². The van der Waals surface area contributed by atoms with E-state index in [2.05, 4.69) is 63.5 Å². The normalized spacial score (nSPS) is 21.5. The maximum atomic E-state index is 15.5. The second-order valence-corrected chi connectivity index (χ2v) is 33.7. The standard InChI is InChI=1S/C90H107F2N15O15/c1-50-45-95-68-32-34-105(86(117)77(89(4,5)6)101-79(110)51(2)93-10)74(68)84(115)98-70(43-56-21-27-59-17-13-15-19-61(59)37-56)83(114)99-71(88(119)120)42-54-24-30-65(31-25-54)122-49-63-47-107(104-103-63)72-33-35-106(87(118)78(90(7,8)9)102-80(111)52(3)94-11)75(72)85(116)100-73(108)44-62(38-55-20-26-58-16-12-14-18-60(58)36-55)81(112)97-69(41-53-22-28-64(29-23-53)121-48-50)82(113)96-46-57-39-66(91)76(109)67(92)40-57/h12-31,36-37,39-40,45,47,51-52,62,68-72,74-75,77-78,93-95,109H,32-35,38,41-44,46,48-49H2,1-11H3,(H,96,113)(H,97,112)(H,98,115)(H,99,114)(H,101,110)(H,102,111)(H,119,120)(H,100,108,116)/b50-45+/t51-,52-,62+,68+,69-,70-,71-,72+,74-,75-,77+,78+/m0/s1. The van der Waals surface area contributed by atoms with Gasteiger partial charge >= 0.3 is 5.97 Å². The Labute approximate surface area is 705 Å². The Hall–Kier alpha value is -12.7. The van der Waals surface area contributed by atoms with E-state index < -0.39 is 179 Å². The molecule has 32 heteroatoms. The van der Waals surface area contributed by atoms with Gasteiger partial charge in [-0.2, -0.15) is 0 Å². The second kappa shape index (κ2) is 39.7. The van der Waals surface area contributed by atoms with Gasteiger partial charge in [0, 0.05) is 45.3 Å². The number of aromatic nitrogens is 3. The summed E-state index contributed by atoms with van der Waals surface area (Å²) in [5.74, 6) is -13.3. The summed E-state index contributed by atoms with van der Waals surface area (Å²) in [6.07, 6.45) is 2.02. The minimum atomic E-state index is -1.56. The number of likely N-dealkylation sites (tertiary alicyclic amines) is 2. The molecular weight excluding hydrogens is 1570 g/mol. The molecule has 0 saturated carbocycles. The third-order valence-corrected chi connectivity index (χ3v) is 22.4. The number of carbonyl (C=O) groups is 11. The van der Waals surface area contributed by atoms with Gasteiger partial charge in [0.25, 0.3) is 5.91 Å². The number of hydrogen-bond acceptors (Lipinski definition) is 19. The lowest BCUT2D eigenvalue weighted by Gasteiger charge is -2.37. The number of benzene rings is 7. The number of fused-ring (bicyclic) bond motifs is 2. The van der Waals surface area contributed by atoms with Gasteiger partial charge in [-0.25, -0.2) is 18.3 Å². The summed E-state index contributed by atoms with van der Waals surface area (Å²) in [6, 6.07) is 27.6. The number of rotatable bonds is 16. The molecule has 6 aliphatic rings. The summed E-state index contributed by atoms with van der Waals surface area (Å²) in [5, 5.41) is 61.4. The average molecular weight is 1680 g/mol. The highest BCUT2D eigenvalue weighted by Crippen LogP contribution is 2.35. The van der Waals surface area contributed by atoms with Gasteiger partial charge in [0.05, 0.1) is 36.3 Å². The van der Waals surface area contributed by atoms with Crippen molar-refractivity contribution >= 4 is 86.6 Å². The van der Waals surface area contributed by atoms with E-state index in [0.717, 1.165) is 33.7 Å².